The maximum atomic E-state index is 13.9. The summed E-state index contributed by atoms with van der Waals surface area (Å²) in [7, 11) is 0. The van der Waals surface area contributed by atoms with Gasteiger partial charge in [0.2, 0.25) is 5.91 Å². The highest BCUT2D eigenvalue weighted by Crippen LogP contribution is 2.14. The predicted molar refractivity (Wildman–Crippen MR) is 81.9 cm³/mol. The van der Waals surface area contributed by atoms with Crippen LogP contribution >= 0.6 is 0 Å². The lowest BCUT2D eigenvalue weighted by Gasteiger charge is -2.16. The number of carbonyl (C=O) groups is 2. The van der Waals surface area contributed by atoms with E-state index in [-0.39, 0.29) is 17.5 Å². The van der Waals surface area contributed by atoms with Gasteiger partial charge in [0.25, 0.3) is 5.91 Å². The molecule has 0 aliphatic carbocycles. The molecule has 2 amide bonds. The topological polar surface area (TPSA) is 84.2 Å². The lowest BCUT2D eigenvalue weighted by Crippen LogP contribution is -2.35. The van der Waals surface area contributed by atoms with Gasteiger partial charge >= 0.3 is 0 Å². The van der Waals surface area contributed by atoms with E-state index in [9.17, 15) is 14.0 Å². The molecule has 1 atom stereocenters. The molecule has 1 aromatic carbocycles. The molecule has 0 saturated carbocycles. The van der Waals surface area contributed by atoms with Gasteiger partial charge in [-0.05, 0) is 49.9 Å². The van der Waals surface area contributed by atoms with E-state index in [2.05, 4.69) is 10.6 Å². The van der Waals surface area contributed by atoms with Crippen molar-refractivity contribution in [3.05, 3.63) is 35.1 Å². The molecule has 1 saturated heterocycles. The summed E-state index contributed by atoms with van der Waals surface area (Å²) in [5, 5.41) is 5.58. The molecule has 4 N–H and O–H groups in total. The van der Waals surface area contributed by atoms with Gasteiger partial charge in [0.05, 0.1) is 5.56 Å². The fraction of sp³-hybridized carbons (Fsp3) is 0.500. The summed E-state index contributed by atoms with van der Waals surface area (Å²) in [4.78, 5) is 23.6. The van der Waals surface area contributed by atoms with Gasteiger partial charge in [0, 0.05) is 19.0 Å². The first kappa shape index (κ1) is 16.4. The Bertz CT molecular complexity index is 548. The fourth-order valence-electron chi connectivity index (χ4n) is 2.54. The summed E-state index contributed by atoms with van der Waals surface area (Å²) < 4.78 is 13.9. The van der Waals surface area contributed by atoms with Gasteiger partial charge in [-0.3, -0.25) is 9.59 Å². The van der Waals surface area contributed by atoms with Crippen LogP contribution in [-0.4, -0.2) is 30.9 Å². The summed E-state index contributed by atoms with van der Waals surface area (Å²) in [6.45, 7) is 1.09. The van der Waals surface area contributed by atoms with Crippen LogP contribution in [0.1, 0.15) is 41.6 Å². The summed E-state index contributed by atoms with van der Waals surface area (Å²) in [5.74, 6) is -0.963. The molecule has 120 valence electrons. The van der Waals surface area contributed by atoms with Crippen molar-refractivity contribution < 1.29 is 14.0 Å². The smallest absolute Gasteiger partial charge is 0.254 e. The zero-order chi connectivity index (χ0) is 15.9. The molecular weight excluding hydrogens is 285 g/mol. The third-order valence-electron chi connectivity index (χ3n) is 3.82. The van der Waals surface area contributed by atoms with Crippen LogP contribution in [0.3, 0.4) is 0 Å². The molecule has 1 aliphatic rings. The van der Waals surface area contributed by atoms with Crippen molar-refractivity contribution in [3.63, 3.8) is 0 Å². The van der Waals surface area contributed by atoms with Crippen LogP contribution in [0, 0.1) is 5.82 Å². The first-order valence-corrected chi connectivity index (χ1v) is 7.66. The molecule has 1 fully saturated rings. The van der Waals surface area contributed by atoms with Gasteiger partial charge in [0.15, 0.2) is 0 Å². The third kappa shape index (κ3) is 4.53. The molecule has 0 bridgehead atoms. The average molecular weight is 307 g/mol. The van der Waals surface area contributed by atoms with E-state index < -0.39 is 11.7 Å². The van der Waals surface area contributed by atoms with E-state index in [1.54, 1.807) is 12.1 Å². The van der Waals surface area contributed by atoms with Crippen LogP contribution in [0.2, 0.25) is 0 Å². The second-order valence-corrected chi connectivity index (χ2v) is 5.55. The maximum absolute atomic E-state index is 13.9. The van der Waals surface area contributed by atoms with Crippen molar-refractivity contribution >= 4 is 11.8 Å². The van der Waals surface area contributed by atoms with Crippen LogP contribution in [0.5, 0.6) is 0 Å². The molecule has 22 heavy (non-hydrogen) atoms. The van der Waals surface area contributed by atoms with E-state index >= 15 is 0 Å². The molecule has 2 rings (SSSR count). The number of benzene rings is 1. The SMILES string of the molecule is NCCCc1ccc(F)c(C(=O)NC2CCNC(=O)CC2)c1. The number of nitrogens with two attached hydrogens (primary N) is 1. The molecule has 1 unspecified atom stereocenters. The van der Waals surface area contributed by atoms with E-state index in [1.165, 1.54) is 6.07 Å². The number of carbonyl (C=O) groups excluding carboxylic acids is 2. The fourth-order valence-corrected chi connectivity index (χ4v) is 2.54. The highest BCUT2D eigenvalue weighted by molar-refractivity contribution is 5.95. The quantitative estimate of drug-likeness (QED) is 0.762. The lowest BCUT2D eigenvalue weighted by molar-refractivity contribution is -0.120. The van der Waals surface area contributed by atoms with Crippen LogP contribution < -0.4 is 16.4 Å². The normalized spacial score (nSPS) is 18.5. The monoisotopic (exact) mass is 307 g/mol. The second-order valence-electron chi connectivity index (χ2n) is 5.55. The Morgan fingerprint density at radius 3 is 3.00 bits per heavy atom. The maximum Gasteiger partial charge on any atom is 0.254 e. The number of nitrogens with one attached hydrogen (secondary N) is 2. The molecule has 1 heterocycles. The average Bonchev–Trinajstić information content (AvgIpc) is 2.71. The minimum absolute atomic E-state index is 0.00767. The number of hydrogen-bond donors (Lipinski definition) is 3. The zero-order valence-electron chi connectivity index (χ0n) is 12.5. The van der Waals surface area contributed by atoms with Crippen molar-refractivity contribution in [2.24, 2.45) is 5.73 Å². The van der Waals surface area contributed by atoms with Gasteiger partial charge in [0.1, 0.15) is 5.82 Å². The van der Waals surface area contributed by atoms with Crippen LogP contribution in [-0.2, 0) is 11.2 Å². The molecule has 1 aliphatic heterocycles. The van der Waals surface area contributed by atoms with Gasteiger partial charge < -0.3 is 16.4 Å². The van der Waals surface area contributed by atoms with Crippen LogP contribution in [0.15, 0.2) is 18.2 Å². The second kappa shape index (κ2) is 7.89. The highest BCUT2D eigenvalue weighted by atomic mass is 19.1. The Morgan fingerprint density at radius 2 is 2.23 bits per heavy atom. The van der Waals surface area contributed by atoms with Crippen molar-refractivity contribution in [1.29, 1.82) is 0 Å². The molecule has 5 nitrogen and oxygen atoms in total. The highest BCUT2D eigenvalue weighted by Gasteiger charge is 2.20. The Morgan fingerprint density at radius 1 is 1.41 bits per heavy atom. The molecule has 0 spiro atoms. The van der Waals surface area contributed by atoms with Crippen molar-refractivity contribution in [2.75, 3.05) is 13.1 Å². The summed E-state index contributed by atoms with van der Waals surface area (Å²) in [5.41, 5.74) is 6.42. The lowest BCUT2D eigenvalue weighted by atomic mass is 10.0. The molecule has 0 aromatic heterocycles. The Labute approximate surface area is 129 Å². The van der Waals surface area contributed by atoms with Gasteiger partial charge in [-0.25, -0.2) is 4.39 Å². The predicted octanol–water partition coefficient (Wildman–Crippen LogP) is 1.12. The molecule has 0 radical (unpaired) electrons. The van der Waals surface area contributed by atoms with E-state index in [1.807, 2.05) is 0 Å². The minimum atomic E-state index is -0.531. The minimum Gasteiger partial charge on any atom is -0.356 e. The number of aryl methyl sites for hydroxylation is 1. The zero-order valence-corrected chi connectivity index (χ0v) is 12.5. The number of rotatable bonds is 5. The van der Waals surface area contributed by atoms with E-state index in [0.717, 1.165) is 18.4 Å². The standard InChI is InChI=1S/C16H22FN3O2/c17-14-5-3-11(2-1-8-18)10-13(14)16(22)20-12-4-6-15(21)19-9-7-12/h3,5,10,12H,1-2,4,6-9,18H2,(H,19,21)(H,20,22). The Hall–Kier alpha value is -1.95. The first-order chi connectivity index (χ1) is 10.6. The Balaban J connectivity index is 2.03. The van der Waals surface area contributed by atoms with Crippen molar-refractivity contribution in [2.45, 2.75) is 38.1 Å². The summed E-state index contributed by atoms with van der Waals surface area (Å²) in [6.07, 6.45) is 3.13. The molecule has 6 heteroatoms. The van der Waals surface area contributed by atoms with Crippen molar-refractivity contribution in [3.8, 4) is 0 Å². The van der Waals surface area contributed by atoms with Gasteiger partial charge in [-0.1, -0.05) is 6.07 Å². The summed E-state index contributed by atoms with van der Waals surface area (Å²) >= 11 is 0. The van der Waals surface area contributed by atoms with Crippen LogP contribution in [0.25, 0.3) is 0 Å². The number of amides is 2. The third-order valence-corrected chi connectivity index (χ3v) is 3.82. The van der Waals surface area contributed by atoms with Gasteiger partial charge in [-0.2, -0.15) is 0 Å². The van der Waals surface area contributed by atoms with Crippen LogP contribution in [0.4, 0.5) is 4.39 Å². The largest absolute Gasteiger partial charge is 0.356 e. The van der Waals surface area contributed by atoms with E-state index in [0.29, 0.717) is 32.4 Å². The van der Waals surface area contributed by atoms with Gasteiger partial charge in [-0.15, -0.1) is 0 Å². The number of hydrogen-bond acceptors (Lipinski definition) is 3. The van der Waals surface area contributed by atoms with Crippen molar-refractivity contribution in [1.82, 2.24) is 10.6 Å². The summed E-state index contributed by atoms with van der Waals surface area (Å²) in [6, 6.07) is 4.47. The Kier molecular flexibility index (Phi) is 5.89. The molecule has 1 aromatic rings. The first-order valence-electron chi connectivity index (χ1n) is 7.66. The number of halogens is 1. The molecular formula is C16H22FN3O2. The van der Waals surface area contributed by atoms with E-state index in [4.69, 9.17) is 5.73 Å².